The maximum Gasteiger partial charge on any atom is 0.329 e. The molecule has 0 atom stereocenters. The Bertz CT molecular complexity index is 499. The smallest absolute Gasteiger partial charge is 0.329 e. The summed E-state index contributed by atoms with van der Waals surface area (Å²) in [5.41, 5.74) is -1.20. The zero-order chi connectivity index (χ0) is 16.0. The number of halogens is 1. The van der Waals surface area contributed by atoms with Crippen molar-refractivity contribution in [2.75, 3.05) is 13.7 Å². The van der Waals surface area contributed by atoms with E-state index in [4.69, 9.17) is 9.84 Å². The summed E-state index contributed by atoms with van der Waals surface area (Å²) in [6.45, 7) is 3.42. The van der Waals surface area contributed by atoms with E-state index in [1.807, 2.05) is 24.3 Å². The van der Waals surface area contributed by atoms with Gasteiger partial charge in [-0.3, -0.25) is 4.79 Å². The number of carboxylic acids is 1. The Morgan fingerprint density at radius 2 is 1.86 bits per heavy atom. The molecule has 5 nitrogen and oxygen atoms in total. The lowest BCUT2D eigenvalue weighted by atomic mass is 10.0. The molecule has 0 unspecified atom stereocenters. The van der Waals surface area contributed by atoms with Gasteiger partial charge in [0.15, 0.2) is 0 Å². The average Bonchev–Trinajstić information content (AvgIpc) is 2.44. The molecule has 0 radical (unpaired) electrons. The van der Waals surface area contributed by atoms with Crippen LogP contribution in [0.4, 0.5) is 0 Å². The van der Waals surface area contributed by atoms with Gasteiger partial charge in [0.2, 0.25) is 5.91 Å². The van der Waals surface area contributed by atoms with Gasteiger partial charge in [-0.15, -0.1) is 0 Å². The molecule has 6 heteroatoms. The number of hydrogen-bond donors (Lipinski definition) is 1. The third kappa shape index (κ3) is 5.04. The molecule has 21 heavy (non-hydrogen) atoms. The molecule has 1 aromatic rings. The van der Waals surface area contributed by atoms with Crippen molar-refractivity contribution in [1.29, 1.82) is 0 Å². The monoisotopic (exact) mass is 357 g/mol. The van der Waals surface area contributed by atoms with E-state index in [1.165, 1.54) is 25.8 Å². The number of carbonyl (C=O) groups excluding carboxylic acids is 1. The predicted molar refractivity (Wildman–Crippen MR) is 83.4 cm³/mol. The molecular formula is C15H20BrNO4. The fraction of sp³-hybridized carbons (Fsp3) is 0.467. The van der Waals surface area contributed by atoms with E-state index < -0.39 is 11.5 Å². The zero-order valence-electron chi connectivity index (χ0n) is 12.4. The number of carbonyl (C=O) groups is 2. The maximum atomic E-state index is 12.0. The summed E-state index contributed by atoms with van der Waals surface area (Å²) in [5, 5.41) is 9.08. The van der Waals surface area contributed by atoms with Crippen molar-refractivity contribution in [2.45, 2.75) is 32.2 Å². The van der Waals surface area contributed by atoms with Crippen molar-refractivity contribution < 1.29 is 19.4 Å². The summed E-state index contributed by atoms with van der Waals surface area (Å²) < 4.78 is 6.49. The molecule has 0 fully saturated rings. The minimum Gasteiger partial charge on any atom is -0.494 e. The largest absolute Gasteiger partial charge is 0.494 e. The van der Waals surface area contributed by atoms with Crippen molar-refractivity contribution in [1.82, 2.24) is 4.90 Å². The first-order valence-electron chi connectivity index (χ1n) is 6.63. The number of amides is 1. The van der Waals surface area contributed by atoms with Crippen molar-refractivity contribution in [3.63, 3.8) is 0 Å². The molecule has 0 aliphatic rings. The van der Waals surface area contributed by atoms with Crippen LogP contribution in [-0.2, 0) is 9.59 Å². The molecule has 0 saturated carbocycles. The van der Waals surface area contributed by atoms with E-state index in [0.717, 1.165) is 10.2 Å². The van der Waals surface area contributed by atoms with Crippen LogP contribution in [0, 0.1) is 0 Å². The second-order valence-electron chi connectivity index (χ2n) is 5.22. The van der Waals surface area contributed by atoms with Crippen LogP contribution in [-0.4, -0.2) is 41.1 Å². The molecule has 0 bridgehead atoms. The number of rotatable bonds is 7. The molecule has 1 rings (SSSR count). The van der Waals surface area contributed by atoms with E-state index in [2.05, 4.69) is 15.9 Å². The SMILES string of the molecule is CN(C(=O)CCCOc1ccc(Br)cc1)C(C)(C)C(=O)O. The normalized spacial score (nSPS) is 11.0. The van der Waals surface area contributed by atoms with Gasteiger partial charge in [-0.25, -0.2) is 4.79 Å². The first-order chi connectivity index (χ1) is 9.75. The Hall–Kier alpha value is -1.56. The minimum atomic E-state index is -1.20. The molecule has 1 aromatic carbocycles. The van der Waals surface area contributed by atoms with Gasteiger partial charge in [0.05, 0.1) is 6.61 Å². The summed E-state index contributed by atoms with van der Waals surface area (Å²) >= 11 is 3.34. The molecule has 1 N–H and O–H groups in total. The van der Waals surface area contributed by atoms with Gasteiger partial charge in [-0.05, 0) is 44.5 Å². The van der Waals surface area contributed by atoms with Crippen LogP contribution in [0.3, 0.4) is 0 Å². The van der Waals surface area contributed by atoms with E-state index in [0.29, 0.717) is 13.0 Å². The van der Waals surface area contributed by atoms with E-state index in [9.17, 15) is 9.59 Å². The van der Waals surface area contributed by atoms with E-state index in [-0.39, 0.29) is 12.3 Å². The van der Waals surface area contributed by atoms with Crippen LogP contribution >= 0.6 is 15.9 Å². The number of carboxylic acid groups (broad SMARTS) is 1. The zero-order valence-corrected chi connectivity index (χ0v) is 14.0. The predicted octanol–water partition coefficient (Wildman–Crippen LogP) is 2.93. The Kier molecular flexibility index (Phi) is 6.20. The highest BCUT2D eigenvalue weighted by Gasteiger charge is 2.34. The topological polar surface area (TPSA) is 66.8 Å². The molecule has 0 spiro atoms. The number of aliphatic carboxylic acids is 1. The van der Waals surface area contributed by atoms with Crippen molar-refractivity contribution in [2.24, 2.45) is 0 Å². The number of ether oxygens (including phenoxy) is 1. The molecule has 0 aromatic heterocycles. The molecule has 0 aliphatic carbocycles. The third-order valence-electron chi connectivity index (χ3n) is 3.35. The quantitative estimate of drug-likeness (QED) is 0.761. The summed E-state index contributed by atoms with van der Waals surface area (Å²) in [6.07, 6.45) is 0.790. The van der Waals surface area contributed by atoms with Gasteiger partial charge in [-0.1, -0.05) is 15.9 Å². The lowest BCUT2D eigenvalue weighted by Gasteiger charge is -2.31. The van der Waals surface area contributed by atoms with Crippen molar-refractivity contribution >= 4 is 27.8 Å². The number of benzene rings is 1. The highest BCUT2D eigenvalue weighted by molar-refractivity contribution is 9.10. The summed E-state index contributed by atoms with van der Waals surface area (Å²) in [7, 11) is 1.51. The van der Waals surface area contributed by atoms with Gasteiger partial charge in [0.25, 0.3) is 0 Å². The third-order valence-corrected chi connectivity index (χ3v) is 3.88. The number of nitrogens with zero attached hydrogens (tertiary/aromatic N) is 1. The van der Waals surface area contributed by atoms with Crippen LogP contribution in [0.5, 0.6) is 5.75 Å². The summed E-state index contributed by atoms with van der Waals surface area (Å²) in [4.78, 5) is 24.3. The van der Waals surface area contributed by atoms with Gasteiger partial charge >= 0.3 is 5.97 Å². The van der Waals surface area contributed by atoms with Gasteiger partial charge in [-0.2, -0.15) is 0 Å². The first-order valence-corrected chi connectivity index (χ1v) is 7.43. The molecule has 0 heterocycles. The standard InChI is InChI=1S/C15H20BrNO4/c1-15(2,14(19)20)17(3)13(18)5-4-10-21-12-8-6-11(16)7-9-12/h6-9H,4-5,10H2,1-3H3,(H,19,20). The van der Waals surface area contributed by atoms with Crippen LogP contribution in [0.1, 0.15) is 26.7 Å². The highest BCUT2D eigenvalue weighted by Crippen LogP contribution is 2.17. The minimum absolute atomic E-state index is 0.207. The summed E-state index contributed by atoms with van der Waals surface area (Å²) in [6, 6.07) is 7.43. The van der Waals surface area contributed by atoms with Crippen LogP contribution < -0.4 is 4.74 Å². The van der Waals surface area contributed by atoms with E-state index in [1.54, 1.807) is 0 Å². The van der Waals surface area contributed by atoms with Crippen LogP contribution in [0.25, 0.3) is 0 Å². The Morgan fingerprint density at radius 1 is 1.29 bits per heavy atom. The average molecular weight is 358 g/mol. The molecule has 0 saturated heterocycles. The second-order valence-corrected chi connectivity index (χ2v) is 6.14. The number of hydrogen-bond acceptors (Lipinski definition) is 3. The van der Waals surface area contributed by atoms with Gasteiger partial charge < -0.3 is 14.7 Å². The Morgan fingerprint density at radius 3 is 2.38 bits per heavy atom. The van der Waals surface area contributed by atoms with Crippen LogP contribution in [0.2, 0.25) is 0 Å². The molecule has 1 amide bonds. The van der Waals surface area contributed by atoms with Crippen LogP contribution in [0.15, 0.2) is 28.7 Å². The van der Waals surface area contributed by atoms with Crippen molar-refractivity contribution in [3.8, 4) is 5.75 Å². The lowest BCUT2D eigenvalue weighted by molar-refractivity contribution is -0.155. The Labute approximate surface area is 133 Å². The fourth-order valence-corrected chi connectivity index (χ4v) is 1.83. The van der Waals surface area contributed by atoms with Crippen molar-refractivity contribution in [3.05, 3.63) is 28.7 Å². The molecule has 0 aliphatic heterocycles. The fourth-order valence-electron chi connectivity index (χ4n) is 1.57. The summed E-state index contributed by atoms with van der Waals surface area (Å²) in [5.74, 6) is -0.490. The maximum absolute atomic E-state index is 12.0. The van der Waals surface area contributed by atoms with E-state index >= 15 is 0 Å². The lowest BCUT2D eigenvalue weighted by Crippen LogP contribution is -2.50. The Balaban J connectivity index is 2.37. The molecule has 116 valence electrons. The van der Waals surface area contributed by atoms with Gasteiger partial charge in [0.1, 0.15) is 11.3 Å². The first kappa shape index (κ1) is 17.5. The highest BCUT2D eigenvalue weighted by atomic mass is 79.9. The second kappa shape index (κ2) is 7.45. The molecular weight excluding hydrogens is 338 g/mol. The number of likely N-dealkylation sites (N-methyl/N-ethyl adjacent to an activating group) is 1. The van der Waals surface area contributed by atoms with Gasteiger partial charge in [0, 0.05) is 17.9 Å².